The highest BCUT2D eigenvalue weighted by Crippen LogP contribution is 2.14. The van der Waals surface area contributed by atoms with Crippen molar-refractivity contribution < 1.29 is 28.6 Å². The lowest BCUT2D eigenvalue weighted by Gasteiger charge is -2.18. The largest absolute Gasteiger partial charge is 0.462 e. The van der Waals surface area contributed by atoms with Crippen LogP contribution < -0.4 is 0 Å². The predicted octanol–water partition coefficient (Wildman–Crippen LogP) is 21.0. The van der Waals surface area contributed by atoms with Crippen LogP contribution in [0.15, 0.2) is 134 Å². The zero-order chi connectivity index (χ0) is 54.3. The van der Waals surface area contributed by atoms with Gasteiger partial charge in [-0.1, -0.05) is 251 Å². The molecular formula is C69H112O6. The lowest BCUT2D eigenvalue weighted by atomic mass is 10.1. The molecule has 0 bridgehead atoms. The Bertz CT molecular complexity index is 1620. The first-order valence-electron chi connectivity index (χ1n) is 30.7. The van der Waals surface area contributed by atoms with Gasteiger partial charge < -0.3 is 14.2 Å². The molecule has 0 unspecified atom stereocenters. The van der Waals surface area contributed by atoms with E-state index in [1.54, 1.807) is 0 Å². The smallest absolute Gasteiger partial charge is 0.306 e. The summed E-state index contributed by atoms with van der Waals surface area (Å²) < 4.78 is 16.8. The second-order valence-corrected chi connectivity index (χ2v) is 19.9. The van der Waals surface area contributed by atoms with E-state index < -0.39 is 6.10 Å². The van der Waals surface area contributed by atoms with Crippen LogP contribution in [0.3, 0.4) is 0 Å². The number of allylic oxidation sites excluding steroid dienone is 22. The molecule has 0 radical (unpaired) electrons. The van der Waals surface area contributed by atoms with Gasteiger partial charge in [0.2, 0.25) is 0 Å². The maximum Gasteiger partial charge on any atom is 0.306 e. The standard InChI is InChI=1S/C69H112O6/c1-4-7-10-13-16-19-22-25-28-31-34-37-40-43-46-49-52-55-58-61-67(70)73-64-66(75-69(72)63-60-57-54-51-48-45-42-39-36-33-30-27-24-21-18-15-12-9-6-3)65-74-68(71)62-59-56-53-50-47-44-41-38-35-32-29-26-23-20-17-14-11-8-5-2/h7,10,16,18-19,21,25-30,34,36-37,39,43,45-46,48,52,55,66H,4-6,8-9,11-15,17,20,22-24,31-33,35,38,40-42,44,47,49-51,53-54,56-65H2,1-3H3/b10-7-,19-16-,21-18-,28-25-,29-26-,30-27-,37-34-,39-36-,46-43-,48-45-,55-52-/t66-/m0/s1. The molecule has 6 heteroatoms. The van der Waals surface area contributed by atoms with Crippen molar-refractivity contribution in [3.8, 4) is 0 Å². The zero-order valence-electron chi connectivity index (χ0n) is 48.5. The van der Waals surface area contributed by atoms with Crippen LogP contribution >= 0.6 is 0 Å². The number of rotatable bonds is 54. The Morgan fingerprint density at radius 2 is 0.547 bits per heavy atom. The van der Waals surface area contributed by atoms with Crippen molar-refractivity contribution in [1.82, 2.24) is 0 Å². The molecule has 0 aliphatic carbocycles. The summed E-state index contributed by atoms with van der Waals surface area (Å²) in [4.78, 5) is 38.2. The molecule has 0 aromatic carbocycles. The van der Waals surface area contributed by atoms with Gasteiger partial charge in [0.25, 0.3) is 0 Å². The van der Waals surface area contributed by atoms with Crippen LogP contribution in [0.2, 0.25) is 0 Å². The number of carbonyl (C=O) groups excluding carboxylic acids is 3. The van der Waals surface area contributed by atoms with E-state index in [1.165, 1.54) is 116 Å². The van der Waals surface area contributed by atoms with E-state index in [9.17, 15) is 14.4 Å². The minimum Gasteiger partial charge on any atom is -0.462 e. The Balaban J connectivity index is 4.57. The second-order valence-electron chi connectivity index (χ2n) is 19.9. The molecular weight excluding hydrogens is 925 g/mol. The topological polar surface area (TPSA) is 78.9 Å². The maximum atomic E-state index is 12.9. The summed E-state index contributed by atoms with van der Waals surface area (Å²) in [5.74, 6) is -1.04. The Morgan fingerprint density at radius 3 is 0.947 bits per heavy atom. The molecule has 0 spiro atoms. The van der Waals surface area contributed by atoms with Crippen LogP contribution in [-0.4, -0.2) is 37.2 Å². The molecule has 0 saturated heterocycles. The molecule has 0 N–H and O–H groups in total. The van der Waals surface area contributed by atoms with Crippen LogP contribution in [-0.2, 0) is 28.6 Å². The summed E-state index contributed by atoms with van der Waals surface area (Å²) >= 11 is 0. The molecule has 0 aliphatic heterocycles. The number of hydrogen-bond acceptors (Lipinski definition) is 6. The molecule has 6 nitrogen and oxygen atoms in total. The molecule has 1 atom stereocenters. The van der Waals surface area contributed by atoms with Gasteiger partial charge in [-0.3, -0.25) is 14.4 Å². The molecule has 0 saturated carbocycles. The molecule has 0 heterocycles. The lowest BCUT2D eigenvalue weighted by Crippen LogP contribution is -2.30. The third-order valence-corrected chi connectivity index (χ3v) is 12.6. The number of unbranched alkanes of at least 4 members (excludes halogenated alkanes) is 21. The first kappa shape index (κ1) is 70.5. The van der Waals surface area contributed by atoms with Gasteiger partial charge in [-0.25, -0.2) is 0 Å². The van der Waals surface area contributed by atoms with Crippen molar-refractivity contribution in [2.24, 2.45) is 0 Å². The summed E-state index contributed by atoms with van der Waals surface area (Å²) in [5.41, 5.74) is 0. The van der Waals surface area contributed by atoms with Crippen molar-refractivity contribution >= 4 is 17.9 Å². The maximum absolute atomic E-state index is 12.9. The Labute approximate surface area is 462 Å². The Kier molecular flexibility index (Phi) is 58.4. The lowest BCUT2D eigenvalue weighted by molar-refractivity contribution is -0.166. The van der Waals surface area contributed by atoms with Gasteiger partial charge in [0, 0.05) is 19.3 Å². The van der Waals surface area contributed by atoms with E-state index >= 15 is 0 Å². The van der Waals surface area contributed by atoms with E-state index in [-0.39, 0.29) is 44.0 Å². The van der Waals surface area contributed by atoms with Gasteiger partial charge >= 0.3 is 17.9 Å². The minimum absolute atomic E-state index is 0.119. The summed E-state index contributed by atoms with van der Waals surface area (Å²) in [5, 5.41) is 0. The molecule has 0 aromatic heterocycles. The van der Waals surface area contributed by atoms with Crippen LogP contribution in [0.4, 0.5) is 0 Å². The number of ether oxygens (including phenoxy) is 3. The predicted molar refractivity (Wildman–Crippen MR) is 325 cm³/mol. The zero-order valence-corrected chi connectivity index (χ0v) is 48.5. The first-order chi connectivity index (χ1) is 37.0. The van der Waals surface area contributed by atoms with Crippen LogP contribution in [0.1, 0.15) is 265 Å². The van der Waals surface area contributed by atoms with Crippen molar-refractivity contribution in [2.45, 2.75) is 271 Å². The fourth-order valence-corrected chi connectivity index (χ4v) is 8.03. The van der Waals surface area contributed by atoms with E-state index in [2.05, 4.69) is 148 Å². The van der Waals surface area contributed by atoms with E-state index in [4.69, 9.17) is 14.2 Å². The molecule has 424 valence electrons. The molecule has 75 heavy (non-hydrogen) atoms. The highest BCUT2D eigenvalue weighted by molar-refractivity contribution is 5.71. The molecule has 0 aliphatic rings. The summed E-state index contributed by atoms with van der Waals surface area (Å²) in [6.45, 7) is 6.41. The van der Waals surface area contributed by atoms with Gasteiger partial charge in [0.15, 0.2) is 6.10 Å². The first-order valence-corrected chi connectivity index (χ1v) is 30.7. The fourth-order valence-electron chi connectivity index (χ4n) is 8.03. The van der Waals surface area contributed by atoms with Crippen molar-refractivity contribution in [3.05, 3.63) is 134 Å². The SMILES string of the molecule is CC/C=C\C/C=C\C/C=C\C/C=C\C/C=C\C/C=C\CCC(=O)OC[C@@H](COC(=O)CCCCCCCCCCC/C=C\CCCCCCCC)OC(=O)CCCCC/C=C\C/C=C\C/C=C\C/C=C\CCCCC. The third kappa shape index (κ3) is 60.3. The summed E-state index contributed by atoms with van der Waals surface area (Å²) in [6.07, 6.45) is 87.4. The second kappa shape index (κ2) is 62.1. The number of hydrogen-bond donors (Lipinski definition) is 0. The van der Waals surface area contributed by atoms with Gasteiger partial charge in [0.05, 0.1) is 0 Å². The summed E-state index contributed by atoms with van der Waals surface area (Å²) in [7, 11) is 0. The van der Waals surface area contributed by atoms with Gasteiger partial charge in [-0.2, -0.15) is 0 Å². The highest BCUT2D eigenvalue weighted by Gasteiger charge is 2.19. The van der Waals surface area contributed by atoms with Crippen molar-refractivity contribution in [1.29, 1.82) is 0 Å². The Hall–Kier alpha value is -4.45. The number of carbonyl (C=O) groups is 3. The van der Waals surface area contributed by atoms with Crippen LogP contribution in [0.5, 0.6) is 0 Å². The molecule has 0 aromatic rings. The van der Waals surface area contributed by atoms with Crippen LogP contribution in [0, 0.1) is 0 Å². The minimum atomic E-state index is -0.832. The normalized spacial score (nSPS) is 13.1. The van der Waals surface area contributed by atoms with Gasteiger partial charge in [-0.05, 0) is 128 Å². The van der Waals surface area contributed by atoms with Crippen molar-refractivity contribution in [2.75, 3.05) is 13.2 Å². The van der Waals surface area contributed by atoms with Gasteiger partial charge in [-0.15, -0.1) is 0 Å². The van der Waals surface area contributed by atoms with Crippen molar-refractivity contribution in [3.63, 3.8) is 0 Å². The Morgan fingerprint density at radius 1 is 0.280 bits per heavy atom. The molecule has 0 rings (SSSR count). The van der Waals surface area contributed by atoms with E-state index in [1.807, 2.05) is 6.08 Å². The fraction of sp³-hybridized carbons (Fsp3) is 0.638. The number of esters is 3. The monoisotopic (exact) mass is 1040 g/mol. The van der Waals surface area contributed by atoms with E-state index in [0.29, 0.717) is 19.3 Å². The average Bonchev–Trinajstić information content (AvgIpc) is 3.41. The van der Waals surface area contributed by atoms with Gasteiger partial charge in [0.1, 0.15) is 13.2 Å². The quantitative estimate of drug-likeness (QED) is 0.0261. The average molecular weight is 1040 g/mol. The summed E-state index contributed by atoms with van der Waals surface area (Å²) in [6, 6.07) is 0. The molecule has 0 amide bonds. The highest BCUT2D eigenvalue weighted by atomic mass is 16.6. The van der Waals surface area contributed by atoms with Crippen LogP contribution in [0.25, 0.3) is 0 Å². The molecule has 0 fully saturated rings. The van der Waals surface area contributed by atoms with E-state index in [0.717, 1.165) is 96.3 Å². The third-order valence-electron chi connectivity index (χ3n) is 12.6.